The molecule has 4 rings (SSSR count). The van der Waals surface area contributed by atoms with Crippen molar-refractivity contribution >= 4 is 16.7 Å². The van der Waals surface area contributed by atoms with Gasteiger partial charge >= 0.3 is 0 Å². The van der Waals surface area contributed by atoms with Gasteiger partial charge in [0.15, 0.2) is 11.5 Å². The third-order valence-electron chi connectivity index (χ3n) is 4.66. The van der Waals surface area contributed by atoms with Crippen molar-refractivity contribution in [2.75, 3.05) is 0 Å². The SMILES string of the molecule is Cc1ncc(-c2ccc3cnc(CC(=O)C4(F)CC4)nc3c2)n1C. The zero-order valence-corrected chi connectivity index (χ0v) is 13.6. The third kappa shape index (κ3) is 2.48. The van der Waals surface area contributed by atoms with E-state index in [0.29, 0.717) is 18.7 Å². The van der Waals surface area contributed by atoms with E-state index in [-0.39, 0.29) is 6.42 Å². The Kier molecular flexibility index (Phi) is 3.23. The van der Waals surface area contributed by atoms with Crippen LogP contribution in [0.1, 0.15) is 24.5 Å². The van der Waals surface area contributed by atoms with E-state index in [1.807, 2.05) is 42.9 Å². The van der Waals surface area contributed by atoms with Gasteiger partial charge in [0.2, 0.25) is 0 Å². The predicted molar refractivity (Wildman–Crippen MR) is 88.3 cm³/mol. The van der Waals surface area contributed by atoms with E-state index in [1.165, 1.54) is 0 Å². The molecule has 0 atom stereocenters. The maximum absolute atomic E-state index is 13.8. The Morgan fingerprint density at radius 2 is 2.08 bits per heavy atom. The van der Waals surface area contributed by atoms with Crippen molar-refractivity contribution in [1.29, 1.82) is 0 Å². The summed E-state index contributed by atoms with van der Waals surface area (Å²) < 4.78 is 15.8. The van der Waals surface area contributed by atoms with Crippen LogP contribution in [0.25, 0.3) is 22.2 Å². The largest absolute Gasteiger partial charge is 0.331 e. The molecule has 122 valence electrons. The Balaban J connectivity index is 1.70. The fraction of sp³-hybridized carbons (Fsp3) is 0.333. The minimum Gasteiger partial charge on any atom is -0.331 e. The zero-order chi connectivity index (χ0) is 16.9. The maximum atomic E-state index is 13.8. The number of nitrogens with zero attached hydrogens (tertiary/aromatic N) is 4. The Hall–Kier alpha value is -2.63. The lowest BCUT2D eigenvalue weighted by molar-refractivity contribution is -0.124. The molecule has 0 N–H and O–H groups in total. The lowest BCUT2D eigenvalue weighted by Crippen LogP contribution is -2.20. The van der Waals surface area contributed by atoms with Crippen LogP contribution in [0.3, 0.4) is 0 Å². The monoisotopic (exact) mass is 324 g/mol. The molecule has 0 bridgehead atoms. The van der Waals surface area contributed by atoms with Crippen LogP contribution in [0.4, 0.5) is 4.39 Å². The highest BCUT2D eigenvalue weighted by Crippen LogP contribution is 2.41. The Morgan fingerprint density at radius 3 is 2.75 bits per heavy atom. The summed E-state index contributed by atoms with van der Waals surface area (Å²) in [6, 6.07) is 5.88. The first-order chi connectivity index (χ1) is 11.5. The van der Waals surface area contributed by atoms with E-state index in [0.717, 1.165) is 28.0 Å². The summed E-state index contributed by atoms with van der Waals surface area (Å²) in [5.41, 5.74) is 1.09. The van der Waals surface area contributed by atoms with Gasteiger partial charge < -0.3 is 4.57 Å². The number of ketones is 1. The molecule has 1 saturated carbocycles. The van der Waals surface area contributed by atoms with Crippen LogP contribution in [0.15, 0.2) is 30.6 Å². The summed E-state index contributed by atoms with van der Waals surface area (Å²) in [4.78, 5) is 24.9. The maximum Gasteiger partial charge on any atom is 0.177 e. The first-order valence-corrected chi connectivity index (χ1v) is 7.93. The van der Waals surface area contributed by atoms with Crippen LogP contribution >= 0.6 is 0 Å². The fourth-order valence-electron chi connectivity index (χ4n) is 2.77. The van der Waals surface area contributed by atoms with Crippen molar-refractivity contribution in [3.8, 4) is 11.3 Å². The van der Waals surface area contributed by atoms with Gasteiger partial charge in [-0.2, -0.15) is 0 Å². The number of aryl methyl sites for hydroxylation is 1. The van der Waals surface area contributed by atoms with Crippen LogP contribution in [-0.2, 0) is 18.3 Å². The first-order valence-electron chi connectivity index (χ1n) is 7.93. The molecule has 3 aromatic rings. The molecule has 1 fully saturated rings. The molecule has 0 unspecified atom stereocenters. The minimum atomic E-state index is -1.63. The van der Waals surface area contributed by atoms with E-state index < -0.39 is 11.5 Å². The van der Waals surface area contributed by atoms with Gasteiger partial charge in [-0.3, -0.25) is 4.79 Å². The van der Waals surface area contributed by atoms with Gasteiger partial charge in [-0.15, -0.1) is 0 Å². The number of hydrogen-bond acceptors (Lipinski definition) is 4. The number of aromatic nitrogens is 4. The highest BCUT2D eigenvalue weighted by Gasteiger charge is 2.50. The second-order valence-electron chi connectivity index (χ2n) is 6.37. The standard InChI is InChI=1S/C18H17FN4O/c1-11-20-10-15(23(11)2)12-3-4-13-9-21-17(22-14(13)7-12)8-16(24)18(19)5-6-18/h3-4,7,9-10H,5-6,8H2,1-2H3. The number of hydrogen-bond donors (Lipinski definition) is 0. The van der Waals surface area contributed by atoms with Crippen LogP contribution < -0.4 is 0 Å². The molecule has 5 nitrogen and oxygen atoms in total. The Labute approximate surface area is 138 Å². The fourth-order valence-corrected chi connectivity index (χ4v) is 2.77. The average Bonchev–Trinajstić information content (AvgIpc) is 3.24. The van der Waals surface area contributed by atoms with Gasteiger partial charge in [-0.05, 0) is 25.8 Å². The highest BCUT2D eigenvalue weighted by molar-refractivity contribution is 5.91. The highest BCUT2D eigenvalue weighted by atomic mass is 19.1. The van der Waals surface area contributed by atoms with Crippen molar-refractivity contribution in [2.24, 2.45) is 7.05 Å². The summed E-state index contributed by atoms with van der Waals surface area (Å²) in [6.07, 6.45) is 4.09. The van der Waals surface area contributed by atoms with Gasteiger partial charge in [0.25, 0.3) is 0 Å². The summed E-state index contributed by atoms with van der Waals surface area (Å²) in [7, 11) is 1.96. The van der Waals surface area contributed by atoms with Crippen molar-refractivity contribution in [1.82, 2.24) is 19.5 Å². The van der Waals surface area contributed by atoms with E-state index >= 15 is 0 Å². The number of carbonyl (C=O) groups is 1. The molecule has 1 aromatic carbocycles. The topological polar surface area (TPSA) is 60.7 Å². The molecule has 2 aromatic heterocycles. The van der Waals surface area contributed by atoms with Crippen molar-refractivity contribution in [2.45, 2.75) is 31.9 Å². The van der Waals surface area contributed by atoms with E-state index in [1.54, 1.807) is 6.20 Å². The summed E-state index contributed by atoms with van der Waals surface area (Å²) in [5, 5.41) is 0.884. The molecule has 1 aliphatic carbocycles. The van der Waals surface area contributed by atoms with Gasteiger partial charge in [-0.25, -0.2) is 19.3 Å². The number of imidazole rings is 1. The second kappa shape index (κ2) is 5.19. The minimum absolute atomic E-state index is 0.0541. The van der Waals surface area contributed by atoms with E-state index in [9.17, 15) is 9.18 Å². The molecule has 0 aliphatic heterocycles. The predicted octanol–water partition coefficient (Wildman–Crippen LogP) is 2.95. The molecule has 24 heavy (non-hydrogen) atoms. The van der Waals surface area contributed by atoms with Gasteiger partial charge in [0.1, 0.15) is 11.6 Å². The quantitative estimate of drug-likeness (QED) is 0.740. The molecule has 0 saturated heterocycles. The number of Topliss-reactive ketones (excluding diaryl/α,β-unsaturated/α-hetero) is 1. The van der Waals surface area contributed by atoms with Crippen LogP contribution in [0.5, 0.6) is 0 Å². The van der Waals surface area contributed by atoms with Gasteiger partial charge in [0, 0.05) is 24.2 Å². The number of halogens is 1. The molecule has 6 heteroatoms. The number of alkyl halides is 1. The number of benzene rings is 1. The number of rotatable bonds is 4. The number of carbonyl (C=O) groups excluding carboxylic acids is 1. The van der Waals surface area contributed by atoms with Gasteiger partial charge in [-0.1, -0.05) is 12.1 Å². The second-order valence-corrected chi connectivity index (χ2v) is 6.37. The van der Waals surface area contributed by atoms with E-state index in [4.69, 9.17) is 0 Å². The first kappa shape index (κ1) is 14.9. The smallest absolute Gasteiger partial charge is 0.177 e. The molecule has 1 aliphatic rings. The van der Waals surface area contributed by atoms with E-state index in [2.05, 4.69) is 15.0 Å². The molecular weight excluding hydrogens is 307 g/mol. The average molecular weight is 324 g/mol. The molecule has 0 spiro atoms. The molecule has 0 radical (unpaired) electrons. The van der Waals surface area contributed by atoms with Crippen molar-refractivity contribution in [3.63, 3.8) is 0 Å². The van der Waals surface area contributed by atoms with Gasteiger partial charge in [0.05, 0.1) is 23.8 Å². The zero-order valence-electron chi connectivity index (χ0n) is 13.6. The Bertz CT molecular complexity index is 959. The third-order valence-corrected chi connectivity index (χ3v) is 4.66. The summed E-state index contributed by atoms with van der Waals surface area (Å²) >= 11 is 0. The van der Waals surface area contributed by atoms with Crippen LogP contribution in [0.2, 0.25) is 0 Å². The normalized spacial score (nSPS) is 15.6. The lowest BCUT2D eigenvalue weighted by Gasteiger charge is -2.07. The Morgan fingerprint density at radius 1 is 1.29 bits per heavy atom. The van der Waals surface area contributed by atoms with Crippen LogP contribution in [-0.4, -0.2) is 31.0 Å². The summed E-state index contributed by atoms with van der Waals surface area (Å²) in [6.45, 7) is 1.95. The lowest BCUT2D eigenvalue weighted by atomic mass is 10.1. The molecular formula is C18H17FN4O. The van der Waals surface area contributed by atoms with Crippen molar-refractivity contribution in [3.05, 3.63) is 42.2 Å². The number of fused-ring (bicyclic) bond motifs is 1. The van der Waals surface area contributed by atoms with Crippen molar-refractivity contribution < 1.29 is 9.18 Å². The van der Waals surface area contributed by atoms with Crippen LogP contribution in [0, 0.1) is 6.92 Å². The molecule has 2 heterocycles. The molecule has 0 amide bonds. The summed E-state index contributed by atoms with van der Waals surface area (Å²) in [5.74, 6) is 0.881.